The minimum atomic E-state index is -0.279. The Kier molecular flexibility index (Phi) is 4.15. The summed E-state index contributed by atoms with van der Waals surface area (Å²) in [5, 5.41) is 3.97. The van der Waals surface area contributed by atoms with Crippen LogP contribution in [0.5, 0.6) is 0 Å². The first-order chi connectivity index (χ1) is 9.56. The van der Waals surface area contributed by atoms with Gasteiger partial charge in [-0.3, -0.25) is 4.79 Å². The fraction of sp³-hybridized carbons (Fsp3) is 0.125. The van der Waals surface area contributed by atoms with Gasteiger partial charge in [0.2, 0.25) is 0 Å². The summed E-state index contributed by atoms with van der Waals surface area (Å²) >= 11 is 0. The van der Waals surface area contributed by atoms with E-state index < -0.39 is 0 Å². The van der Waals surface area contributed by atoms with Crippen molar-refractivity contribution in [3.05, 3.63) is 64.7 Å². The molecule has 0 saturated heterocycles. The van der Waals surface area contributed by atoms with Crippen molar-refractivity contribution in [3.63, 3.8) is 0 Å². The van der Waals surface area contributed by atoms with Crippen molar-refractivity contribution >= 4 is 17.8 Å². The van der Waals surface area contributed by atoms with Crippen LogP contribution in [0.2, 0.25) is 0 Å². The summed E-state index contributed by atoms with van der Waals surface area (Å²) in [4.78, 5) is 11.8. The van der Waals surface area contributed by atoms with Crippen molar-refractivity contribution in [1.29, 1.82) is 0 Å². The summed E-state index contributed by atoms with van der Waals surface area (Å²) in [5.41, 5.74) is 12.5. The number of nitrogens with zero attached hydrogens (tertiary/aromatic N) is 1. The van der Waals surface area contributed by atoms with Crippen molar-refractivity contribution in [2.75, 3.05) is 5.73 Å². The number of hydrazone groups is 1. The van der Waals surface area contributed by atoms with Gasteiger partial charge in [0, 0.05) is 11.3 Å². The summed E-state index contributed by atoms with van der Waals surface area (Å²) < 4.78 is 0. The average molecular weight is 267 g/mol. The Morgan fingerprint density at radius 3 is 2.70 bits per heavy atom. The second-order valence-corrected chi connectivity index (χ2v) is 4.68. The molecule has 2 rings (SSSR count). The number of nitrogen functional groups attached to an aromatic ring is 1. The molecular formula is C16H17N3O. The topological polar surface area (TPSA) is 67.5 Å². The SMILES string of the molecule is Cc1ccc(C=NNC(=O)c2cccc(N)c2)c(C)c1. The Morgan fingerprint density at radius 1 is 1.20 bits per heavy atom. The van der Waals surface area contributed by atoms with Crippen LogP contribution in [-0.4, -0.2) is 12.1 Å². The van der Waals surface area contributed by atoms with Gasteiger partial charge in [0.05, 0.1) is 6.21 Å². The number of hydrogen-bond acceptors (Lipinski definition) is 3. The van der Waals surface area contributed by atoms with Crippen LogP contribution in [-0.2, 0) is 0 Å². The van der Waals surface area contributed by atoms with Crippen LogP contribution in [0.1, 0.15) is 27.0 Å². The summed E-state index contributed by atoms with van der Waals surface area (Å²) in [6.07, 6.45) is 1.64. The van der Waals surface area contributed by atoms with E-state index >= 15 is 0 Å². The molecule has 2 aromatic carbocycles. The van der Waals surface area contributed by atoms with Gasteiger partial charge >= 0.3 is 0 Å². The Morgan fingerprint density at radius 2 is 2.00 bits per heavy atom. The predicted octanol–water partition coefficient (Wildman–Crippen LogP) is 2.65. The molecule has 20 heavy (non-hydrogen) atoms. The van der Waals surface area contributed by atoms with Gasteiger partial charge < -0.3 is 5.73 Å². The van der Waals surface area contributed by atoms with E-state index in [2.05, 4.69) is 16.6 Å². The first-order valence-corrected chi connectivity index (χ1v) is 6.32. The third kappa shape index (κ3) is 3.45. The normalized spacial score (nSPS) is 10.7. The molecule has 0 aliphatic carbocycles. The van der Waals surface area contributed by atoms with E-state index in [9.17, 15) is 4.79 Å². The summed E-state index contributed by atoms with van der Waals surface area (Å²) in [6, 6.07) is 12.8. The lowest BCUT2D eigenvalue weighted by molar-refractivity contribution is 0.0955. The monoisotopic (exact) mass is 267 g/mol. The molecule has 4 nitrogen and oxygen atoms in total. The molecule has 0 aliphatic rings. The third-order valence-corrected chi connectivity index (χ3v) is 2.94. The first kappa shape index (κ1) is 13.8. The Balaban J connectivity index is 2.04. The van der Waals surface area contributed by atoms with E-state index in [1.54, 1.807) is 30.5 Å². The number of rotatable bonds is 3. The minimum absolute atomic E-state index is 0.279. The van der Waals surface area contributed by atoms with Gasteiger partial charge in [-0.25, -0.2) is 5.43 Å². The van der Waals surface area contributed by atoms with Crippen LogP contribution in [0.3, 0.4) is 0 Å². The van der Waals surface area contributed by atoms with Gasteiger partial charge in [-0.2, -0.15) is 5.10 Å². The van der Waals surface area contributed by atoms with Crippen LogP contribution >= 0.6 is 0 Å². The zero-order valence-corrected chi connectivity index (χ0v) is 11.6. The molecule has 4 heteroatoms. The number of nitrogens with two attached hydrogens (primary N) is 1. The Hall–Kier alpha value is -2.62. The lowest BCUT2D eigenvalue weighted by Gasteiger charge is -2.02. The van der Waals surface area contributed by atoms with Crippen LogP contribution < -0.4 is 11.2 Å². The highest BCUT2D eigenvalue weighted by molar-refractivity contribution is 5.95. The largest absolute Gasteiger partial charge is 0.399 e. The van der Waals surface area contributed by atoms with Gasteiger partial charge in [0.15, 0.2) is 0 Å². The number of nitrogens with one attached hydrogen (secondary N) is 1. The van der Waals surface area contributed by atoms with E-state index in [-0.39, 0.29) is 5.91 Å². The zero-order chi connectivity index (χ0) is 14.5. The molecule has 0 aromatic heterocycles. The molecule has 0 saturated carbocycles. The smallest absolute Gasteiger partial charge is 0.271 e. The lowest BCUT2D eigenvalue weighted by atomic mass is 10.1. The Labute approximate surface area is 118 Å². The highest BCUT2D eigenvalue weighted by Gasteiger charge is 2.03. The first-order valence-electron chi connectivity index (χ1n) is 6.32. The molecule has 3 N–H and O–H groups in total. The lowest BCUT2D eigenvalue weighted by Crippen LogP contribution is -2.17. The maximum atomic E-state index is 11.8. The highest BCUT2D eigenvalue weighted by atomic mass is 16.2. The van der Waals surface area contributed by atoms with E-state index in [4.69, 9.17) is 5.73 Å². The molecule has 102 valence electrons. The summed E-state index contributed by atoms with van der Waals surface area (Å²) in [7, 11) is 0. The van der Waals surface area contributed by atoms with Crippen LogP contribution in [0.15, 0.2) is 47.6 Å². The molecule has 0 unspecified atom stereocenters. The average Bonchev–Trinajstić information content (AvgIpc) is 2.41. The predicted molar refractivity (Wildman–Crippen MR) is 81.8 cm³/mol. The molecule has 0 heterocycles. The molecule has 0 bridgehead atoms. The number of carbonyl (C=O) groups excluding carboxylic acids is 1. The highest BCUT2D eigenvalue weighted by Crippen LogP contribution is 2.08. The van der Waals surface area contributed by atoms with E-state index in [0.29, 0.717) is 11.3 Å². The van der Waals surface area contributed by atoms with Crippen molar-refractivity contribution in [3.8, 4) is 0 Å². The molecule has 0 aliphatic heterocycles. The molecule has 2 aromatic rings. The van der Waals surface area contributed by atoms with Crippen molar-refractivity contribution in [1.82, 2.24) is 5.43 Å². The van der Waals surface area contributed by atoms with E-state index in [1.807, 2.05) is 26.0 Å². The molecule has 1 amide bonds. The molecule has 0 atom stereocenters. The van der Waals surface area contributed by atoms with Crippen molar-refractivity contribution < 1.29 is 4.79 Å². The second kappa shape index (κ2) is 6.02. The van der Waals surface area contributed by atoms with Gasteiger partial charge in [0.1, 0.15) is 0 Å². The number of hydrogen-bond donors (Lipinski definition) is 2. The fourth-order valence-electron chi connectivity index (χ4n) is 1.88. The van der Waals surface area contributed by atoms with Crippen molar-refractivity contribution in [2.24, 2.45) is 5.10 Å². The zero-order valence-electron chi connectivity index (χ0n) is 11.6. The van der Waals surface area contributed by atoms with Crippen LogP contribution in [0.4, 0.5) is 5.69 Å². The Bertz CT molecular complexity index is 663. The fourth-order valence-corrected chi connectivity index (χ4v) is 1.88. The molecule has 0 fully saturated rings. The van der Waals surface area contributed by atoms with Gasteiger partial charge in [-0.05, 0) is 43.2 Å². The number of aryl methyl sites for hydroxylation is 2. The van der Waals surface area contributed by atoms with E-state index in [1.165, 1.54) is 5.56 Å². The molecule has 0 spiro atoms. The summed E-state index contributed by atoms with van der Waals surface area (Å²) in [6.45, 7) is 4.05. The van der Waals surface area contributed by atoms with Crippen molar-refractivity contribution in [2.45, 2.75) is 13.8 Å². The quantitative estimate of drug-likeness (QED) is 0.510. The standard InChI is InChI=1S/C16H17N3O/c1-11-6-7-14(12(2)8-11)10-18-19-16(20)13-4-3-5-15(17)9-13/h3-10H,17H2,1-2H3,(H,19,20). The number of carbonyl (C=O) groups is 1. The maximum absolute atomic E-state index is 11.8. The number of anilines is 1. The van der Waals surface area contributed by atoms with Gasteiger partial charge in [-0.15, -0.1) is 0 Å². The van der Waals surface area contributed by atoms with Crippen LogP contribution in [0, 0.1) is 13.8 Å². The van der Waals surface area contributed by atoms with E-state index in [0.717, 1.165) is 11.1 Å². The maximum Gasteiger partial charge on any atom is 0.271 e. The number of amides is 1. The molecule has 0 radical (unpaired) electrons. The molecular weight excluding hydrogens is 250 g/mol. The third-order valence-electron chi connectivity index (χ3n) is 2.94. The minimum Gasteiger partial charge on any atom is -0.399 e. The van der Waals surface area contributed by atoms with Crippen LogP contribution in [0.25, 0.3) is 0 Å². The second-order valence-electron chi connectivity index (χ2n) is 4.68. The van der Waals surface area contributed by atoms with Gasteiger partial charge in [-0.1, -0.05) is 29.8 Å². The van der Waals surface area contributed by atoms with Gasteiger partial charge in [0.25, 0.3) is 5.91 Å². The summed E-state index contributed by atoms with van der Waals surface area (Å²) in [5.74, 6) is -0.279. The number of benzene rings is 2.